The monoisotopic (exact) mass is 398 g/mol. The van der Waals surface area contributed by atoms with Gasteiger partial charge in [-0.05, 0) is 54.3 Å². The molecule has 0 radical (unpaired) electrons. The number of hydrogen-bond acceptors (Lipinski definition) is 5. The third-order valence-electron chi connectivity index (χ3n) is 4.10. The molecule has 2 aromatic carbocycles. The topological polar surface area (TPSA) is 47.9 Å². The summed E-state index contributed by atoms with van der Waals surface area (Å²) in [4.78, 5) is 0.478. The molecule has 0 saturated heterocycles. The van der Waals surface area contributed by atoms with Crippen molar-refractivity contribution >= 4 is 11.8 Å². The van der Waals surface area contributed by atoms with E-state index in [1.165, 1.54) is 33.5 Å². The molecule has 2 rings (SSSR count). The second-order valence-corrected chi connectivity index (χ2v) is 7.28. The Morgan fingerprint density at radius 3 is 2.11 bits per heavy atom. The van der Waals surface area contributed by atoms with Crippen molar-refractivity contribution in [2.24, 2.45) is 0 Å². The standard InChI is InChI=1S/C20H24F2O4S/c1-13-9-16(6-5-15(13)7-8-23)27-20(21,22)12-14-10-17(24-2)19(26-4)18(11-14)25-3/h5-6,9-11,23H,7-8,12H2,1-4H3. The van der Waals surface area contributed by atoms with E-state index < -0.39 is 11.7 Å². The summed E-state index contributed by atoms with van der Waals surface area (Å²) in [6.07, 6.45) is 0.0322. The second kappa shape index (κ2) is 9.28. The van der Waals surface area contributed by atoms with Crippen molar-refractivity contribution in [3.8, 4) is 17.2 Å². The lowest BCUT2D eigenvalue weighted by Gasteiger charge is -2.19. The number of methoxy groups -OCH3 is 3. The molecule has 148 valence electrons. The highest BCUT2D eigenvalue weighted by atomic mass is 32.2. The van der Waals surface area contributed by atoms with E-state index >= 15 is 0 Å². The van der Waals surface area contributed by atoms with E-state index in [0.29, 0.717) is 45.9 Å². The molecule has 0 spiro atoms. The number of aliphatic hydroxyl groups is 1. The molecule has 0 aliphatic rings. The van der Waals surface area contributed by atoms with Gasteiger partial charge in [-0.3, -0.25) is 0 Å². The number of ether oxygens (including phenoxy) is 3. The molecule has 0 unspecified atom stereocenters. The average molecular weight is 398 g/mol. The normalized spacial score (nSPS) is 11.4. The van der Waals surface area contributed by atoms with Crippen LogP contribution in [-0.4, -0.2) is 38.3 Å². The Morgan fingerprint density at radius 2 is 1.63 bits per heavy atom. The van der Waals surface area contributed by atoms with Crippen LogP contribution in [-0.2, 0) is 12.8 Å². The van der Waals surface area contributed by atoms with Crippen molar-refractivity contribution in [2.75, 3.05) is 27.9 Å². The summed E-state index contributed by atoms with van der Waals surface area (Å²) in [7, 11) is 4.36. The fraction of sp³-hybridized carbons (Fsp3) is 0.400. The predicted molar refractivity (Wildman–Crippen MR) is 103 cm³/mol. The number of benzene rings is 2. The van der Waals surface area contributed by atoms with Gasteiger partial charge in [-0.1, -0.05) is 17.8 Å². The summed E-state index contributed by atoms with van der Waals surface area (Å²) in [5.74, 6) is 1.06. The maximum atomic E-state index is 14.6. The van der Waals surface area contributed by atoms with Gasteiger partial charge in [0.1, 0.15) is 0 Å². The zero-order valence-electron chi connectivity index (χ0n) is 15.8. The summed E-state index contributed by atoms with van der Waals surface area (Å²) >= 11 is 0.510. The minimum Gasteiger partial charge on any atom is -0.493 e. The van der Waals surface area contributed by atoms with Crippen LogP contribution in [0.4, 0.5) is 8.78 Å². The SMILES string of the molecule is COc1cc(CC(F)(F)Sc2ccc(CCO)c(C)c2)cc(OC)c1OC. The lowest BCUT2D eigenvalue weighted by molar-refractivity contribution is 0.106. The molecule has 0 atom stereocenters. The fourth-order valence-corrected chi connectivity index (χ4v) is 3.77. The van der Waals surface area contributed by atoms with E-state index in [4.69, 9.17) is 19.3 Å². The van der Waals surface area contributed by atoms with Gasteiger partial charge in [0.15, 0.2) is 11.5 Å². The highest BCUT2D eigenvalue weighted by Gasteiger charge is 2.32. The number of rotatable bonds is 9. The van der Waals surface area contributed by atoms with Crippen LogP contribution in [0.3, 0.4) is 0 Å². The fourth-order valence-electron chi connectivity index (χ4n) is 2.82. The van der Waals surface area contributed by atoms with Crippen LogP contribution in [0.25, 0.3) is 0 Å². The van der Waals surface area contributed by atoms with Crippen LogP contribution in [0, 0.1) is 6.92 Å². The van der Waals surface area contributed by atoms with Gasteiger partial charge in [0, 0.05) is 17.9 Å². The number of alkyl halides is 2. The lowest BCUT2D eigenvalue weighted by Crippen LogP contribution is -2.14. The van der Waals surface area contributed by atoms with E-state index in [2.05, 4.69) is 0 Å². The smallest absolute Gasteiger partial charge is 0.302 e. The molecule has 4 nitrogen and oxygen atoms in total. The van der Waals surface area contributed by atoms with Gasteiger partial charge in [0.25, 0.3) is 0 Å². The van der Waals surface area contributed by atoms with Crippen LogP contribution in [0.2, 0.25) is 0 Å². The molecule has 0 saturated carbocycles. The van der Waals surface area contributed by atoms with Crippen LogP contribution in [0.1, 0.15) is 16.7 Å². The zero-order valence-corrected chi connectivity index (χ0v) is 16.7. The van der Waals surface area contributed by atoms with Crippen molar-refractivity contribution in [1.82, 2.24) is 0 Å². The molecule has 0 aliphatic heterocycles. The quantitative estimate of drug-likeness (QED) is 0.631. The number of aliphatic hydroxyl groups excluding tert-OH is 1. The minimum absolute atomic E-state index is 0.0324. The van der Waals surface area contributed by atoms with Crippen molar-refractivity contribution in [3.63, 3.8) is 0 Å². The van der Waals surface area contributed by atoms with Gasteiger partial charge in [-0.25, -0.2) is 0 Å². The molecule has 0 bridgehead atoms. The number of thioether (sulfide) groups is 1. The predicted octanol–water partition coefficient (Wildman–Crippen LogP) is 4.48. The van der Waals surface area contributed by atoms with E-state index in [-0.39, 0.29) is 6.61 Å². The Labute approximate surface area is 162 Å². The van der Waals surface area contributed by atoms with Crippen LogP contribution in [0.5, 0.6) is 17.2 Å². The molecular formula is C20H24F2O4S. The summed E-state index contributed by atoms with van der Waals surface area (Å²) in [6.45, 7) is 1.89. The number of hydrogen-bond donors (Lipinski definition) is 1. The lowest BCUT2D eigenvalue weighted by atomic mass is 10.1. The van der Waals surface area contributed by atoms with Crippen molar-refractivity contribution < 1.29 is 28.1 Å². The molecular weight excluding hydrogens is 374 g/mol. The minimum atomic E-state index is -3.02. The molecule has 0 amide bonds. The van der Waals surface area contributed by atoms with Gasteiger partial charge in [-0.2, -0.15) is 8.78 Å². The Morgan fingerprint density at radius 1 is 1.00 bits per heavy atom. The van der Waals surface area contributed by atoms with Crippen LogP contribution in [0.15, 0.2) is 35.2 Å². The summed E-state index contributed by atoms with van der Waals surface area (Å²) in [6, 6.07) is 8.23. The van der Waals surface area contributed by atoms with E-state index in [1.807, 2.05) is 6.92 Å². The van der Waals surface area contributed by atoms with Crippen molar-refractivity contribution in [2.45, 2.75) is 29.9 Å². The molecule has 0 aromatic heterocycles. The van der Waals surface area contributed by atoms with Gasteiger partial charge in [-0.15, -0.1) is 0 Å². The first-order valence-corrected chi connectivity index (χ1v) is 9.21. The zero-order chi connectivity index (χ0) is 20.0. The van der Waals surface area contributed by atoms with E-state index in [1.54, 1.807) is 18.2 Å². The van der Waals surface area contributed by atoms with E-state index in [9.17, 15) is 8.78 Å². The van der Waals surface area contributed by atoms with Gasteiger partial charge < -0.3 is 19.3 Å². The van der Waals surface area contributed by atoms with Gasteiger partial charge in [0.2, 0.25) is 5.75 Å². The van der Waals surface area contributed by atoms with Crippen molar-refractivity contribution in [3.05, 3.63) is 47.0 Å². The van der Waals surface area contributed by atoms with Crippen molar-refractivity contribution in [1.29, 1.82) is 0 Å². The van der Waals surface area contributed by atoms with Gasteiger partial charge in [0.05, 0.1) is 21.3 Å². The Bertz CT molecular complexity index is 756. The highest BCUT2D eigenvalue weighted by molar-refractivity contribution is 8.00. The van der Waals surface area contributed by atoms with Gasteiger partial charge >= 0.3 is 5.25 Å². The summed E-state index contributed by atoms with van der Waals surface area (Å²) in [5, 5.41) is 6.01. The molecule has 0 fully saturated rings. The molecule has 1 N–H and O–H groups in total. The largest absolute Gasteiger partial charge is 0.493 e. The first-order chi connectivity index (χ1) is 12.8. The van der Waals surface area contributed by atoms with E-state index in [0.717, 1.165) is 11.1 Å². The average Bonchev–Trinajstić information content (AvgIpc) is 2.62. The summed E-state index contributed by atoms with van der Waals surface area (Å²) < 4.78 is 45.0. The third-order valence-corrected chi connectivity index (χ3v) is 5.03. The highest BCUT2D eigenvalue weighted by Crippen LogP contribution is 2.43. The second-order valence-electron chi connectivity index (χ2n) is 6.01. The maximum absolute atomic E-state index is 14.6. The van der Waals surface area contributed by atoms with Crippen LogP contribution >= 0.6 is 11.8 Å². The third kappa shape index (κ3) is 5.49. The molecule has 0 heterocycles. The maximum Gasteiger partial charge on any atom is 0.302 e. The number of halogens is 2. The number of aryl methyl sites for hydroxylation is 1. The molecule has 2 aromatic rings. The summed E-state index contributed by atoms with van der Waals surface area (Å²) in [5.41, 5.74) is 2.23. The van der Waals surface area contributed by atoms with Crippen LogP contribution < -0.4 is 14.2 Å². The first-order valence-electron chi connectivity index (χ1n) is 8.39. The Hall–Kier alpha value is -1.99. The first kappa shape index (κ1) is 21.3. The Balaban J connectivity index is 2.22. The molecule has 7 heteroatoms. The Kier molecular flexibility index (Phi) is 7.33. The molecule has 27 heavy (non-hydrogen) atoms. The molecule has 0 aliphatic carbocycles.